The van der Waals surface area contributed by atoms with Gasteiger partial charge in [0.1, 0.15) is 0 Å². The van der Waals surface area contributed by atoms with Crippen LogP contribution in [0.5, 0.6) is 0 Å². The number of nitrogens with zero attached hydrogens (tertiary/aromatic N) is 2. The monoisotopic (exact) mass is 236 g/mol. The molecule has 0 fully saturated rings. The first-order valence-corrected chi connectivity index (χ1v) is 5.41. The minimum atomic E-state index is -0.373. The van der Waals surface area contributed by atoms with Crippen molar-refractivity contribution >= 4 is 11.1 Å². The molecule has 2 aromatic rings. The smallest absolute Gasteiger partial charge is 0.408 e. The molecule has 5 nitrogen and oxygen atoms in total. The summed E-state index contributed by atoms with van der Waals surface area (Å²) in [4.78, 5) is 13.3. The molecular weight excluding hydrogens is 220 g/mol. The van der Waals surface area contributed by atoms with Crippen LogP contribution < -0.4 is 5.76 Å². The van der Waals surface area contributed by atoms with Crippen molar-refractivity contribution in [3.05, 3.63) is 34.3 Å². The van der Waals surface area contributed by atoms with Gasteiger partial charge >= 0.3 is 5.76 Å². The zero-order valence-electron chi connectivity index (χ0n) is 10.2. The van der Waals surface area contributed by atoms with E-state index in [0.29, 0.717) is 5.58 Å². The van der Waals surface area contributed by atoms with E-state index in [0.717, 1.165) is 11.1 Å². The second-order valence-corrected chi connectivity index (χ2v) is 4.32. The minimum Gasteiger partial charge on any atom is -0.408 e. The summed E-state index contributed by atoms with van der Waals surface area (Å²) in [5.74, 6) is -0.373. The Labute approximate surface area is 98.9 Å². The van der Waals surface area contributed by atoms with Gasteiger partial charge in [0.15, 0.2) is 5.58 Å². The fourth-order valence-corrected chi connectivity index (χ4v) is 1.92. The van der Waals surface area contributed by atoms with Crippen LogP contribution in [-0.4, -0.2) is 35.3 Å². The molecule has 0 aliphatic heterocycles. The van der Waals surface area contributed by atoms with Crippen LogP contribution in [0.15, 0.2) is 27.4 Å². The Hall–Kier alpha value is -1.59. The van der Waals surface area contributed by atoms with Gasteiger partial charge < -0.3 is 14.4 Å². The number of aliphatic hydroxyl groups excluding tert-OH is 1. The van der Waals surface area contributed by atoms with E-state index >= 15 is 0 Å². The van der Waals surface area contributed by atoms with Crippen molar-refractivity contribution in [2.24, 2.45) is 7.05 Å². The minimum absolute atomic E-state index is 0.0320. The van der Waals surface area contributed by atoms with Gasteiger partial charge in [-0.2, -0.15) is 0 Å². The van der Waals surface area contributed by atoms with Gasteiger partial charge in [0, 0.05) is 7.05 Å². The van der Waals surface area contributed by atoms with Gasteiger partial charge in [0.2, 0.25) is 0 Å². The summed E-state index contributed by atoms with van der Waals surface area (Å²) >= 11 is 0. The second-order valence-electron chi connectivity index (χ2n) is 4.32. The third-order valence-electron chi connectivity index (χ3n) is 3.00. The van der Waals surface area contributed by atoms with E-state index in [2.05, 4.69) is 0 Å². The van der Waals surface area contributed by atoms with Crippen molar-refractivity contribution in [2.45, 2.75) is 6.04 Å². The molecule has 0 aliphatic carbocycles. The number of rotatable bonds is 3. The molecule has 0 amide bonds. The van der Waals surface area contributed by atoms with Crippen LogP contribution in [0.1, 0.15) is 11.6 Å². The molecule has 92 valence electrons. The molecule has 0 saturated carbocycles. The number of aryl methyl sites for hydroxylation is 1. The summed E-state index contributed by atoms with van der Waals surface area (Å²) in [5.41, 5.74) is 2.27. The van der Waals surface area contributed by atoms with E-state index in [9.17, 15) is 9.90 Å². The van der Waals surface area contributed by atoms with Gasteiger partial charge in [0.25, 0.3) is 0 Å². The van der Waals surface area contributed by atoms with Crippen molar-refractivity contribution in [2.75, 3.05) is 20.7 Å². The zero-order chi connectivity index (χ0) is 12.6. The molecule has 0 spiro atoms. The van der Waals surface area contributed by atoms with Crippen LogP contribution in [0.25, 0.3) is 11.1 Å². The Bertz CT molecular complexity index is 583. The first kappa shape index (κ1) is 11.9. The average Bonchev–Trinajstić information content (AvgIpc) is 2.56. The quantitative estimate of drug-likeness (QED) is 0.853. The Balaban J connectivity index is 2.57. The van der Waals surface area contributed by atoms with Crippen LogP contribution in [0.3, 0.4) is 0 Å². The molecule has 0 aliphatic rings. The van der Waals surface area contributed by atoms with Crippen LogP contribution in [-0.2, 0) is 7.05 Å². The van der Waals surface area contributed by atoms with E-state index in [1.54, 1.807) is 13.1 Å². The lowest BCUT2D eigenvalue weighted by Crippen LogP contribution is -2.23. The van der Waals surface area contributed by atoms with Gasteiger partial charge in [-0.1, -0.05) is 6.07 Å². The predicted molar refractivity (Wildman–Crippen MR) is 65.0 cm³/mol. The van der Waals surface area contributed by atoms with Crippen molar-refractivity contribution in [1.29, 1.82) is 0 Å². The maximum Gasteiger partial charge on any atom is 0.419 e. The second kappa shape index (κ2) is 4.35. The molecular formula is C12H16N2O3. The van der Waals surface area contributed by atoms with Crippen LogP contribution in [0.2, 0.25) is 0 Å². The fraction of sp³-hybridized carbons (Fsp3) is 0.417. The summed E-state index contributed by atoms with van der Waals surface area (Å²) in [6, 6.07) is 5.43. The van der Waals surface area contributed by atoms with E-state index < -0.39 is 0 Å². The number of oxazole rings is 1. The highest BCUT2D eigenvalue weighted by Crippen LogP contribution is 2.22. The molecule has 1 heterocycles. The number of hydrogen-bond acceptors (Lipinski definition) is 4. The van der Waals surface area contributed by atoms with Gasteiger partial charge in [-0.05, 0) is 31.8 Å². The Kier molecular flexibility index (Phi) is 3.04. The highest BCUT2D eigenvalue weighted by molar-refractivity contribution is 5.73. The van der Waals surface area contributed by atoms with Gasteiger partial charge in [-0.3, -0.25) is 4.57 Å². The third kappa shape index (κ3) is 1.99. The molecule has 0 bridgehead atoms. The predicted octanol–water partition coefficient (Wildman–Crippen LogP) is 0.726. The topological polar surface area (TPSA) is 58.6 Å². The maximum atomic E-state index is 11.4. The molecule has 5 heteroatoms. The molecule has 1 N–H and O–H groups in total. The molecule has 1 unspecified atom stereocenters. The Morgan fingerprint density at radius 3 is 2.76 bits per heavy atom. The number of aromatic nitrogens is 1. The summed E-state index contributed by atoms with van der Waals surface area (Å²) in [5, 5.41) is 9.36. The van der Waals surface area contributed by atoms with Crippen molar-refractivity contribution < 1.29 is 9.52 Å². The standard InChI is InChI=1S/C12H16N2O3/c1-13(2)10(7-15)8-4-5-11-9(6-8)14(3)12(16)17-11/h4-6,10,15H,7H2,1-3H3. The Morgan fingerprint density at radius 2 is 2.18 bits per heavy atom. The molecule has 0 saturated heterocycles. The van der Waals surface area contributed by atoms with Crippen molar-refractivity contribution in [3.63, 3.8) is 0 Å². The summed E-state index contributed by atoms with van der Waals surface area (Å²) in [7, 11) is 5.47. The van der Waals surface area contributed by atoms with E-state index in [1.165, 1.54) is 4.57 Å². The normalized spacial score (nSPS) is 13.5. The number of aliphatic hydroxyl groups is 1. The Morgan fingerprint density at radius 1 is 1.47 bits per heavy atom. The molecule has 2 rings (SSSR count). The van der Waals surface area contributed by atoms with Gasteiger partial charge in [-0.15, -0.1) is 0 Å². The van der Waals surface area contributed by atoms with Crippen LogP contribution in [0, 0.1) is 0 Å². The fourth-order valence-electron chi connectivity index (χ4n) is 1.92. The number of likely N-dealkylation sites (N-methyl/N-ethyl adjacent to an activating group) is 1. The summed E-state index contributed by atoms with van der Waals surface area (Å²) < 4.78 is 6.52. The van der Waals surface area contributed by atoms with E-state index in [1.807, 2.05) is 31.1 Å². The molecule has 0 radical (unpaired) electrons. The zero-order valence-corrected chi connectivity index (χ0v) is 10.2. The van der Waals surface area contributed by atoms with Crippen molar-refractivity contribution in [3.8, 4) is 0 Å². The number of fused-ring (bicyclic) bond motifs is 1. The lowest BCUT2D eigenvalue weighted by Gasteiger charge is -2.22. The van der Waals surface area contributed by atoms with E-state index in [-0.39, 0.29) is 18.4 Å². The lowest BCUT2D eigenvalue weighted by molar-refractivity contribution is 0.171. The summed E-state index contributed by atoms with van der Waals surface area (Å²) in [6.45, 7) is 0.0320. The molecule has 1 atom stereocenters. The SMILES string of the molecule is CN(C)C(CO)c1ccc2oc(=O)n(C)c2c1. The van der Waals surface area contributed by atoms with Gasteiger partial charge in [-0.25, -0.2) is 4.79 Å². The molecule has 17 heavy (non-hydrogen) atoms. The maximum absolute atomic E-state index is 11.4. The average molecular weight is 236 g/mol. The first-order chi connectivity index (χ1) is 8.04. The van der Waals surface area contributed by atoms with Gasteiger partial charge in [0.05, 0.1) is 18.2 Å². The third-order valence-corrected chi connectivity index (χ3v) is 3.00. The molecule has 1 aromatic carbocycles. The largest absolute Gasteiger partial charge is 0.419 e. The lowest BCUT2D eigenvalue weighted by atomic mass is 10.1. The highest BCUT2D eigenvalue weighted by Gasteiger charge is 2.15. The van der Waals surface area contributed by atoms with E-state index in [4.69, 9.17) is 4.42 Å². The molecule has 1 aromatic heterocycles. The number of benzene rings is 1. The van der Waals surface area contributed by atoms with Crippen LogP contribution >= 0.6 is 0 Å². The van der Waals surface area contributed by atoms with Crippen molar-refractivity contribution in [1.82, 2.24) is 9.47 Å². The van der Waals surface area contributed by atoms with Crippen LogP contribution in [0.4, 0.5) is 0 Å². The number of hydrogen-bond donors (Lipinski definition) is 1. The summed E-state index contributed by atoms with van der Waals surface area (Å²) in [6.07, 6.45) is 0. The highest BCUT2D eigenvalue weighted by atomic mass is 16.4. The first-order valence-electron chi connectivity index (χ1n) is 5.41.